The standard InChI is InChI=1S/C19H23NO4/c1-18(2,3)17(22)20-10-11-6-9-14(21)19(4,23)12-7-8-13(24-5)16(20)15(11)12/h7-8,10,23H,6,9H2,1-5H3/t19-/m1/s1. The first-order chi connectivity index (χ1) is 11.1. The van der Waals surface area contributed by atoms with Crippen molar-refractivity contribution >= 4 is 22.6 Å². The monoisotopic (exact) mass is 329 g/mol. The molecule has 24 heavy (non-hydrogen) atoms. The molecule has 5 nitrogen and oxygen atoms in total. The number of nitrogens with zero attached hydrogens (tertiary/aromatic N) is 1. The summed E-state index contributed by atoms with van der Waals surface area (Å²) in [5, 5.41) is 11.5. The van der Waals surface area contributed by atoms with Gasteiger partial charge in [-0.2, -0.15) is 0 Å². The van der Waals surface area contributed by atoms with Gasteiger partial charge >= 0.3 is 0 Å². The lowest BCUT2D eigenvalue weighted by Gasteiger charge is -2.23. The van der Waals surface area contributed by atoms with Crippen molar-refractivity contribution in [2.75, 3.05) is 7.11 Å². The first kappa shape index (κ1) is 16.7. The number of hydrogen-bond acceptors (Lipinski definition) is 4. The average molecular weight is 329 g/mol. The molecule has 1 aromatic heterocycles. The van der Waals surface area contributed by atoms with Crippen molar-refractivity contribution in [3.05, 3.63) is 29.5 Å². The molecule has 0 saturated carbocycles. The van der Waals surface area contributed by atoms with Gasteiger partial charge < -0.3 is 9.84 Å². The second-order valence-electron chi connectivity index (χ2n) is 7.61. The first-order valence-electron chi connectivity index (χ1n) is 8.11. The Morgan fingerprint density at radius 2 is 1.96 bits per heavy atom. The topological polar surface area (TPSA) is 68.5 Å². The number of Topliss-reactive ketones (excluding diaryl/α,β-unsaturated/α-hetero) is 1. The molecule has 0 spiro atoms. The lowest BCUT2D eigenvalue weighted by Crippen LogP contribution is -2.32. The van der Waals surface area contributed by atoms with Crippen LogP contribution in [0.1, 0.15) is 50.0 Å². The molecule has 1 aromatic carbocycles. The maximum atomic E-state index is 12.9. The minimum absolute atomic E-state index is 0.0549. The number of aromatic nitrogens is 1. The van der Waals surface area contributed by atoms with Crippen molar-refractivity contribution in [2.24, 2.45) is 5.41 Å². The van der Waals surface area contributed by atoms with Crippen LogP contribution in [0, 0.1) is 5.41 Å². The van der Waals surface area contributed by atoms with E-state index >= 15 is 0 Å². The number of carbonyl (C=O) groups is 2. The predicted octanol–water partition coefficient (Wildman–Crippen LogP) is 3.06. The van der Waals surface area contributed by atoms with Crippen LogP contribution in [0.4, 0.5) is 0 Å². The number of benzene rings is 1. The number of hydrogen-bond donors (Lipinski definition) is 1. The Bertz CT molecular complexity index is 852. The third-order valence-electron chi connectivity index (χ3n) is 4.76. The van der Waals surface area contributed by atoms with E-state index in [1.54, 1.807) is 30.0 Å². The Kier molecular flexibility index (Phi) is 3.61. The van der Waals surface area contributed by atoms with Crippen LogP contribution in [0.2, 0.25) is 0 Å². The molecule has 0 fully saturated rings. The van der Waals surface area contributed by atoms with Crippen molar-refractivity contribution in [1.29, 1.82) is 0 Å². The summed E-state index contributed by atoms with van der Waals surface area (Å²) in [6, 6.07) is 3.43. The van der Waals surface area contributed by atoms with Gasteiger partial charge in [-0.15, -0.1) is 0 Å². The van der Waals surface area contributed by atoms with Crippen LogP contribution in [-0.4, -0.2) is 28.5 Å². The van der Waals surface area contributed by atoms with Crippen molar-refractivity contribution in [2.45, 2.75) is 46.1 Å². The normalized spacial score (nSPS) is 21.0. The molecule has 3 rings (SSSR count). The van der Waals surface area contributed by atoms with Gasteiger partial charge in [-0.05, 0) is 25.0 Å². The van der Waals surface area contributed by atoms with Crippen molar-refractivity contribution in [1.82, 2.24) is 4.57 Å². The second kappa shape index (κ2) is 5.18. The lowest BCUT2D eigenvalue weighted by molar-refractivity contribution is -0.136. The third-order valence-corrected chi connectivity index (χ3v) is 4.76. The smallest absolute Gasteiger partial charge is 0.236 e. The fourth-order valence-electron chi connectivity index (χ4n) is 3.34. The number of ketones is 1. The highest BCUT2D eigenvalue weighted by atomic mass is 16.5. The van der Waals surface area contributed by atoms with Crippen LogP contribution in [0.15, 0.2) is 18.3 Å². The highest BCUT2D eigenvalue weighted by Crippen LogP contribution is 2.41. The minimum Gasteiger partial charge on any atom is -0.495 e. The van der Waals surface area contributed by atoms with Gasteiger partial charge in [0.1, 0.15) is 11.4 Å². The van der Waals surface area contributed by atoms with Gasteiger partial charge in [-0.1, -0.05) is 26.8 Å². The Morgan fingerprint density at radius 1 is 1.29 bits per heavy atom. The van der Waals surface area contributed by atoms with E-state index < -0.39 is 11.0 Å². The maximum absolute atomic E-state index is 12.9. The van der Waals surface area contributed by atoms with Crippen LogP contribution in [-0.2, 0) is 16.8 Å². The molecule has 2 aromatic rings. The van der Waals surface area contributed by atoms with E-state index in [2.05, 4.69) is 0 Å². The first-order valence-corrected chi connectivity index (χ1v) is 8.11. The van der Waals surface area contributed by atoms with Crippen LogP contribution >= 0.6 is 0 Å². The molecular weight excluding hydrogens is 306 g/mol. The molecule has 1 aliphatic rings. The molecular formula is C19H23NO4. The number of rotatable bonds is 1. The second-order valence-corrected chi connectivity index (χ2v) is 7.61. The van der Waals surface area contributed by atoms with Crippen LogP contribution < -0.4 is 4.74 Å². The largest absolute Gasteiger partial charge is 0.495 e. The summed E-state index contributed by atoms with van der Waals surface area (Å²) in [5.74, 6) is 0.294. The number of methoxy groups -OCH3 is 1. The number of aliphatic hydroxyl groups is 1. The zero-order chi connectivity index (χ0) is 17.9. The number of carbonyl (C=O) groups excluding carboxylic acids is 2. The van der Waals surface area contributed by atoms with E-state index in [4.69, 9.17) is 4.74 Å². The molecule has 0 saturated heterocycles. The zero-order valence-electron chi connectivity index (χ0n) is 14.8. The molecule has 0 aliphatic heterocycles. The molecule has 0 unspecified atom stereocenters. The quantitative estimate of drug-likeness (QED) is 0.873. The number of ether oxygens (including phenoxy) is 1. The summed E-state index contributed by atoms with van der Waals surface area (Å²) in [6.45, 7) is 7.11. The summed E-state index contributed by atoms with van der Waals surface area (Å²) in [5.41, 5.74) is -0.0711. The minimum atomic E-state index is -1.56. The molecule has 5 heteroatoms. The zero-order valence-corrected chi connectivity index (χ0v) is 14.8. The summed E-state index contributed by atoms with van der Waals surface area (Å²) >= 11 is 0. The Balaban J connectivity index is 2.42. The fourth-order valence-corrected chi connectivity index (χ4v) is 3.34. The highest BCUT2D eigenvalue weighted by Gasteiger charge is 2.38. The van der Waals surface area contributed by atoms with E-state index in [0.717, 1.165) is 10.9 Å². The van der Waals surface area contributed by atoms with E-state index in [0.29, 0.717) is 23.3 Å². The summed E-state index contributed by atoms with van der Waals surface area (Å²) in [7, 11) is 1.55. The molecule has 0 amide bonds. The van der Waals surface area contributed by atoms with E-state index in [9.17, 15) is 14.7 Å². The fraction of sp³-hybridized carbons (Fsp3) is 0.474. The van der Waals surface area contributed by atoms with Crippen LogP contribution in [0.25, 0.3) is 10.9 Å². The van der Waals surface area contributed by atoms with Gasteiger partial charge in [0.15, 0.2) is 5.78 Å². The maximum Gasteiger partial charge on any atom is 0.236 e. The molecule has 1 N–H and O–H groups in total. The van der Waals surface area contributed by atoms with Crippen molar-refractivity contribution in [3.63, 3.8) is 0 Å². The lowest BCUT2D eigenvalue weighted by atomic mass is 9.89. The van der Waals surface area contributed by atoms with Gasteiger partial charge in [-0.3, -0.25) is 14.2 Å². The number of aryl methyl sites for hydroxylation is 1. The molecule has 128 valence electrons. The Hall–Kier alpha value is -2.14. The molecule has 1 atom stereocenters. The van der Waals surface area contributed by atoms with E-state index in [-0.39, 0.29) is 18.1 Å². The SMILES string of the molecule is COc1ccc2c3c(cn(C(=O)C(C)(C)C)c13)CCC(=O)[C@]2(C)O. The molecule has 1 heterocycles. The molecule has 1 aliphatic carbocycles. The summed E-state index contributed by atoms with van der Waals surface area (Å²) in [4.78, 5) is 25.2. The van der Waals surface area contributed by atoms with Crippen molar-refractivity contribution < 1.29 is 19.4 Å². The third kappa shape index (κ3) is 2.26. The predicted molar refractivity (Wildman–Crippen MR) is 91.5 cm³/mol. The summed E-state index contributed by atoms with van der Waals surface area (Å²) < 4.78 is 7.07. The van der Waals surface area contributed by atoms with Crippen molar-refractivity contribution in [3.8, 4) is 5.75 Å². The highest BCUT2D eigenvalue weighted by molar-refractivity contribution is 6.04. The molecule has 0 bridgehead atoms. The van der Waals surface area contributed by atoms with E-state index in [1.165, 1.54) is 6.92 Å². The summed E-state index contributed by atoms with van der Waals surface area (Å²) in [6.07, 6.45) is 2.53. The van der Waals surface area contributed by atoms with Gasteiger partial charge in [0.2, 0.25) is 5.91 Å². The van der Waals surface area contributed by atoms with Gasteiger partial charge in [0, 0.05) is 29.0 Å². The Labute approximate surface area is 141 Å². The van der Waals surface area contributed by atoms with Crippen LogP contribution in [0.3, 0.4) is 0 Å². The molecule has 0 radical (unpaired) electrons. The Morgan fingerprint density at radius 3 is 2.54 bits per heavy atom. The average Bonchev–Trinajstić information content (AvgIpc) is 2.85. The van der Waals surface area contributed by atoms with E-state index in [1.807, 2.05) is 20.8 Å². The van der Waals surface area contributed by atoms with Gasteiger partial charge in [0.05, 0.1) is 12.6 Å². The van der Waals surface area contributed by atoms with Gasteiger partial charge in [0.25, 0.3) is 0 Å². The van der Waals surface area contributed by atoms with Gasteiger partial charge in [-0.25, -0.2) is 0 Å². The van der Waals surface area contributed by atoms with Crippen LogP contribution in [0.5, 0.6) is 5.75 Å².